The molecule has 1 saturated heterocycles. The molecule has 0 saturated carbocycles. The van der Waals surface area contributed by atoms with Gasteiger partial charge in [0.05, 0.1) is 16.8 Å². The molecule has 11 heteroatoms. The predicted octanol–water partition coefficient (Wildman–Crippen LogP) is 1.10. The SMILES string of the molecule is CC(C)n1cc2cccc(C(=O)NCC3(O)CCN(CC(C)(C)O)CC3)c2n1.O=C(O)C(=O)O. The number of fused-ring (bicyclic) bond motifs is 1. The van der Waals surface area contributed by atoms with E-state index in [1.807, 2.05) is 36.9 Å². The summed E-state index contributed by atoms with van der Waals surface area (Å²) in [6.45, 7) is 9.86. The molecule has 5 N–H and O–H groups in total. The van der Waals surface area contributed by atoms with Crippen molar-refractivity contribution in [1.29, 1.82) is 0 Å². The summed E-state index contributed by atoms with van der Waals surface area (Å²) in [6, 6.07) is 5.79. The molecule has 11 nitrogen and oxygen atoms in total. The van der Waals surface area contributed by atoms with Gasteiger partial charge in [-0.2, -0.15) is 5.10 Å². The molecule has 2 aromatic rings. The number of aromatic nitrogens is 2. The van der Waals surface area contributed by atoms with E-state index in [-0.39, 0.29) is 18.5 Å². The Bertz CT molecular complexity index is 1010. The number of benzene rings is 1. The molecule has 0 radical (unpaired) electrons. The lowest BCUT2D eigenvalue weighted by atomic mass is 9.90. The van der Waals surface area contributed by atoms with Crippen LogP contribution in [0.3, 0.4) is 0 Å². The molecule has 0 atom stereocenters. The van der Waals surface area contributed by atoms with E-state index >= 15 is 0 Å². The Morgan fingerprint density at radius 2 is 1.74 bits per heavy atom. The van der Waals surface area contributed by atoms with Crippen LogP contribution in [0.15, 0.2) is 24.4 Å². The Balaban J connectivity index is 0.000000604. The normalized spacial score (nSPS) is 16.1. The highest BCUT2D eigenvalue weighted by atomic mass is 16.4. The lowest BCUT2D eigenvalue weighted by molar-refractivity contribution is -0.159. The Labute approximate surface area is 198 Å². The summed E-state index contributed by atoms with van der Waals surface area (Å²) in [5.74, 6) is -3.86. The number of hydrogen-bond acceptors (Lipinski definition) is 7. The Morgan fingerprint density at radius 3 is 2.24 bits per heavy atom. The maximum absolute atomic E-state index is 12.8. The number of likely N-dealkylation sites (tertiary alicyclic amines) is 1. The number of rotatable bonds is 6. The fourth-order valence-electron chi connectivity index (χ4n) is 3.70. The van der Waals surface area contributed by atoms with Crippen LogP contribution >= 0.6 is 0 Å². The van der Waals surface area contributed by atoms with Crippen molar-refractivity contribution in [3.05, 3.63) is 30.0 Å². The van der Waals surface area contributed by atoms with Crippen LogP contribution in [-0.4, -0.2) is 90.3 Å². The van der Waals surface area contributed by atoms with Gasteiger partial charge in [-0.3, -0.25) is 9.48 Å². The molecular weight excluding hydrogens is 444 g/mol. The lowest BCUT2D eigenvalue weighted by Crippen LogP contribution is -2.53. The van der Waals surface area contributed by atoms with E-state index in [2.05, 4.69) is 15.3 Å². The number of carbonyl (C=O) groups is 3. The predicted molar refractivity (Wildman–Crippen MR) is 125 cm³/mol. The zero-order valence-corrected chi connectivity index (χ0v) is 20.0. The third-order valence-corrected chi connectivity index (χ3v) is 5.49. The second-order valence-corrected chi connectivity index (χ2v) is 9.55. The van der Waals surface area contributed by atoms with Crippen LogP contribution in [0.25, 0.3) is 10.9 Å². The first-order chi connectivity index (χ1) is 15.7. The van der Waals surface area contributed by atoms with Gasteiger partial charge in [0.1, 0.15) is 5.52 Å². The monoisotopic (exact) mass is 478 g/mol. The third-order valence-electron chi connectivity index (χ3n) is 5.49. The van der Waals surface area contributed by atoms with E-state index in [9.17, 15) is 15.0 Å². The van der Waals surface area contributed by atoms with E-state index in [0.29, 0.717) is 43.6 Å². The van der Waals surface area contributed by atoms with Crippen LogP contribution < -0.4 is 5.32 Å². The molecule has 34 heavy (non-hydrogen) atoms. The van der Waals surface area contributed by atoms with E-state index in [1.54, 1.807) is 19.9 Å². The third kappa shape index (κ3) is 7.79. The minimum absolute atomic E-state index is 0.212. The Kier molecular flexibility index (Phi) is 8.76. The van der Waals surface area contributed by atoms with Crippen LogP contribution in [0.2, 0.25) is 0 Å². The molecule has 1 amide bonds. The molecule has 1 aliphatic heterocycles. The van der Waals surface area contributed by atoms with Crippen LogP contribution in [0.1, 0.15) is 56.9 Å². The molecule has 1 aromatic carbocycles. The maximum atomic E-state index is 12.8. The fraction of sp³-hybridized carbons (Fsp3) is 0.565. The van der Waals surface area contributed by atoms with Crippen molar-refractivity contribution < 1.29 is 34.8 Å². The molecule has 0 bridgehead atoms. The second-order valence-electron chi connectivity index (χ2n) is 9.55. The minimum atomic E-state index is -1.82. The maximum Gasteiger partial charge on any atom is 0.414 e. The van der Waals surface area contributed by atoms with Gasteiger partial charge in [0, 0.05) is 43.8 Å². The zero-order valence-electron chi connectivity index (χ0n) is 20.0. The van der Waals surface area contributed by atoms with Crippen LogP contribution in [-0.2, 0) is 9.59 Å². The van der Waals surface area contributed by atoms with E-state index in [1.165, 1.54) is 0 Å². The Hall–Kier alpha value is -3.02. The van der Waals surface area contributed by atoms with Gasteiger partial charge in [0.25, 0.3) is 5.91 Å². The number of amides is 1. The van der Waals surface area contributed by atoms with E-state index in [0.717, 1.165) is 5.39 Å². The van der Waals surface area contributed by atoms with E-state index < -0.39 is 23.1 Å². The van der Waals surface area contributed by atoms with Gasteiger partial charge in [-0.1, -0.05) is 12.1 Å². The van der Waals surface area contributed by atoms with Crippen LogP contribution in [0, 0.1) is 0 Å². The van der Waals surface area contributed by atoms with Gasteiger partial charge >= 0.3 is 11.9 Å². The zero-order chi connectivity index (χ0) is 25.7. The average molecular weight is 479 g/mol. The summed E-state index contributed by atoms with van der Waals surface area (Å²) in [5.41, 5.74) is -0.459. The van der Waals surface area contributed by atoms with Crippen molar-refractivity contribution in [2.45, 2.75) is 57.8 Å². The summed E-state index contributed by atoms with van der Waals surface area (Å²) in [7, 11) is 0. The first-order valence-electron chi connectivity index (χ1n) is 11.1. The highest BCUT2D eigenvalue weighted by Gasteiger charge is 2.34. The van der Waals surface area contributed by atoms with E-state index in [4.69, 9.17) is 19.8 Å². The molecule has 1 fully saturated rings. The van der Waals surface area contributed by atoms with Crippen LogP contribution in [0.4, 0.5) is 0 Å². The highest BCUT2D eigenvalue weighted by molar-refractivity contribution is 6.27. The van der Waals surface area contributed by atoms with Crippen molar-refractivity contribution in [3.63, 3.8) is 0 Å². The van der Waals surface area contributed by atoms with Gasteiger partial charge < -0.3 is 30.6 Å². The summed E-state index contributed by atoms with van der Waals surface area (Å²) >= 11 is 0. The average Bonchev–Trinajstić information content (AvgIpc) is 3.18. The number of carboxylic acids is 2. The number of nitrogens with zero attached hydrogens (tertiary/aromatic N) is 3. The molecule has 1 aliphatic rings. The van der Waals surface area contributed by atoms with Crippen LogP contribution in [0.5, 0.6) is 0 Å². The smallest absolute Gasteiger partial charge is 0.414 e. The number of carbonyl (C=O) groups excluding carboxylic acids is 1. The van der Waals surface area contributed by atoms with Gasteiger partial charge in [0.15, 0.2) is 0 Å². The Morgan fingerprint density at radius 1 is 1.15 bits per heavy atom. The van der Waals surface area contributed by atoms with Crippen molar-refractivity contribution in [2.24, 2.45) is 0 Å². The van der Waals surface area contributed by atoms with Crippen molar-refractivity contribution in [1.82, 2.24) is 20.0 Å². The molecule has 3 rings (SSSR count). The molecule has 0 aliphatic carbocycles. The van der Waals surface area contributed by atoms with Gasteiger partial charge in [-0.15, -0.1) is 0 Å². The number of nitrogens with one attached hydrogen (secondary N) is 1. The number of aliphatic hydroxyl groups is 2. The molecular formula is C23H34N4O7. The topological polar surface area (TPSA) is 165 Å². The largest absolute Gasteiger partial charge is 0.473 e. The number of hydrogen-bond donors (Lipinski definition) is 5. The molecule has 188 valence electrons. The summed E-state index contributed by atoms with van der Waals surface area (Å²) in [6.07, 6.45) is 3.08. The number of aliphatic carboxylic acids is 2. The second kappa shape index (κ2) is 10.9. The molecule has 1 aromatic heterocycles. The van der Waals surface area contributed by atoms with Gasteiger partial charge in [-0.05, 0) is 46.6 Å². The van der Waals surface area contributed by atoms with Gasteiger partial charge in [0.2, 0.25) is 0 Å². The lowest BCUT2D eigenvalue weighted by Gasteiger charge is -2.40. The standard InChI is InChI=1S/C21H32N4O3.C2H2O4/c1-15(2)25-12-16-6-5-7-17(18(16)23-25)19(26)22-13-21(28)8-10-24(11-9-21)14-20(3,4)27;3-1(4)2(5)6/h5-7,12,15,27-28H,8-11,13-14H2,1-4H3,(H,22,26);(H,3,4)(H,5,6). The molecule has 0 unspecified atom stereocenters. The van der Waals surface area contributed by atoms with Crippen molar-refractivity contribution in [3.8, 4) is 0 Å². The number of β-amino-alcohol motifs (C(OH)–C–C–N with tert-alkyl or cyclic N) is 1. The molecule has 2 heterocycles. The highest BCUT2D eigenvalue weighted by Crippen LogP contribution is 2.24. The fourth-order valence-corrected chi connectivity index (χ4v) is 3.70. The first-order valence-corrected chi connectivity index (χ1v) is 11.1. The van der Waals surface area contributed by atoms with Gasteiger partial charge in [-0.25, -0.2) is 9.59 Å². The summed E-state index contributed by atoms with van der Waals surface area (Å²) < 4.78 is 1.85. The number of piperidine rings is 1. The quantitative estimate of drug-likeness (QED) is 0.382. The summed E-state index contributed by atoms with van der Waals surface area (Å²) in [4.78, 5) is 33.1. The van der Waals surface area contributed by atoms with Crippen molar-refractivity contribution >= 4 is 28.7 Å². The first kappa shape index (κ1) is 27.2. The number of carboxylic acid groups (broad SMARTS) is 2. The minimum Gasteiger partial charge on any atom is -0.473 e. The van der Waals surface area contributed by atoms with Crippen molar-refractivity contribution in [2.75, 3.05) is 26.2 Å². The summed E-state index contributed by atoms with van der Waals surface area (Å²) in [5, 5.41) is 44.0. The molecule has 0 spiro atoms.